The molecule has 0 spiro atoms. The molecule has 0 rings (SSSR count). The smallest absolute Gasteiger partial charge is 0.395 e. The molecular formula is C18F44O2Si3. The van der Waals surface area contributed by atoms with Crippen molar-refractivity contribution in [2.75, 3.05) is 0 Å². The summed E-state index contributed by atoms with van der Waals surface area (Å²) in [6.45, 7) is 0. The molecule has 0 saturated carbocycles. The lowest BCUT2D eigenvalue weighted by atomic mass is 10.3. The van der Waals surface area contributed by atoms with E-state index >= 15 is 34.6 Å². The predicted octanol–water partition coefficient (Wildman–Crippen LogP) is 13.5. The summed E-state index contributed by atoms with van der Waals surface area (Å²) in [5.41, 5.74) is -66.9. The van der Waals surface area contributed by atoms with Crippen LogP contribution in [0.1, 0.15) is 0 Å². The van der Waals surface area contributed by atoms with Crippen LogP contribution in [0.15, 0.2) is 0 Å². The zero-order valence-corrected chi connectivity index (χ0v) is 30.9. The molecule has 0 saturated heterocycles. The molecule has 49 heteroatoms. The normalized spacial score (nSPS) is 18.1. The Morgan fingerprint density at radius 2 is 0.343 bits per heavy atom. The van der Waals surface area contributed by atoms with Crippen molar-refractivity contribution in [3.05, 3.63) is 0 Å². The summed E-state index contributed by atoms with van der Waals surface area (Å²) in [6.07, 6.45) is -57.5. The fourth-order valence-electron chi connectivity index (χ4n) is 3.96. The molecule has 1 unspecified atom stereocenters. The summed E-state index contributed by atoms with van der Waals surface area (Å²) in [5, 5.41) is 0. The van der Waals surface area contributed by atoms with Crippen LogP contribution in [0, 0.1) is 0 Å². The largest absolute Gasteiger partial charge is 0.601 e. The highest BCUT2D eigenvalue weighted by atomic mass is 28.5. The van der Waals surface area contributed by atoms with Crippen molar-refractivity contribution in [1.82, 2.24) is 0 Å². The predicted molar refractivity (Wildman–Crippen MR) is 117 cm³/mol. The average molecular weight is 1170 g/mol. The SMILES string of the molecule is FC(F)(F)C(F)(F)C(F)(F)[Si](F)(O[Si](F)(C(F)(F)C(F)(F)C(F)(F)F)C(F)(F)C(F)(F)C(F)(F)F)O[Si](C(F)(F)C(F)(F)C(F)(F)F)(C(F)(F)C(F)(F)C(F)(F)F)C(F)(F)C(F)(F)C(F)(F)F. The second-order valence-electron chi connectivity index (χ2n) is 11.9. The van der Waals surface area contributed by atoms with Crippen molar-refractivity contribution in [2.24, 2.45) is 0 Å². The van der Waals surface area contributed by atoms with Gasteiger partial charge in [0.1, 0.15) is 0 Å². The fraction of sp³-hybridized carbons (Fsp3) is 1.00. The number of halogens is 44. The summed E-state index contributed by atoms with van der Waals surface area (Å²) in [5.74, 6) is -62.3. The Morgan fingerprint density at radius 3 is 0.507 bits per heavy atom. The fourth-order valence-corrected chi connectivity index (χ4v) is 16.0. The lowest BCUT2D eigenvalue weighted by molar-refractivity contribution is -0.375. The summed E-state index contributed by atoms with van der Waals surface area (Å²) in [6, 6.07) is 0. The lowest BCUT2D eigenvalue weighted by Gasteiger charge is -2.53. The van der Waals surface area contributed by atoms with Gasteiger partial charge in [0.05, 0.1) is 0 Å². The van der Waals surface area contributed by atoms with Crippen LogP contribution in [0.25, 0.3) is 0 Å². The molecule has 0 N–H and O–H groups in total. The Morgan fingerprint density at radius 1 is 0.194 bits per heavy atom. The lowest BCUT2D eigenvalue weighted by Crippen LogP contribution is -2.93. The average Bonchev–Trinajstić information content (AvgIpc) is 3.02. The highest BCUT2D eigenvalue weighted by Gasteiger charge is 3.08. The van der Waals surface area contributed by atoms with E-state index < -0.39 is 132 Å². The highest BCUT2D eigenvalue weighted by Crippen LogP contribution is 2.70. The molecule has 0 radical (unpaired) electrons. The monoisotopic (exact) mass is 1170 g/mol. The van der Waals surface area contributed by atoms with Gasteiger partial charge in [-0.15, -0.1) is 0 Å². The van der Waals surface area contributed by atoms with Gasteiger partial charge in [-0.2, -0.15) is 158 Å². The summed E-state index contributed by atoms with van der Waals surface area (Å²) >= 11 is 0. The molecule has 0 aliphatic heterocycles. The minimum atomic E-state index is -15.0. The maximum absolute atomic E-state index is 16.2. The first-order chi connectivity index (χ1) is 27.9. The van der Waals surface area contributed by atoms with E-state index in [9.17, 15) is 158 Å². The molecule has 0 bridgehead atoms. The highest BCUT2D eigenvalue weighted by molar-refractivity contribution is 6.91. The van der Waals surface area contributed by atoms with Crippen molar-refractivity contribution in [3.8, 4) is 0 Å². The number of hydrogen-bond acceptors (Lipinski definition) is 2. The van der Waals surface area contributed by atoms with Gasteiger partial charge in [-0.3, -0.25) is 4.11 Å². The Balaban J connectivity index is 11.0. The van der Waals surface area contributed by atoms with Gasteiger partial charge in [-0.1, -0.05) is 0 Å². The second kappa shape index (κ2) is 15.7. The number of hydrogen-bond donors (Lipinski definition) is 0. The molecular weight excluding hydrogens is 1170 g/mol. The zero-order valence-electron chi connectivity index (χ0n) is 27.9. The molecule has 0 fully saturated rings. The molecule has 0 amide bonds. The standard InChI is InChI=1S/C18F44O2Si3/c19-1(20,7(31,32)33)13(49,50)65(14(51,52)2(21,22)8(34,35)36,15(53,54)3(23,24)9(37,38)39)63-67(62,18(59,60)6(29,30)12(46,47)48)64-66(61,16(55,56)4(25,26)10(40,41)42)17(57,58)5(27,28)11(43,44)45. The molecule has 0 aromatic heterocycles. The molecule has 1 atom stereocenters. The van der Waals surface area contributed by atoms with E-state index in [-0.39, 0.29) is 8.23 Å². The minimum absolute atomic E-state index is 0.238. The maximum Gasteiger partial charge on any atom is 0.601 e. The van der Waals surface area contributed by atoms with Crippen LogP contribution in [0.2, 0.25) is 0 Å². The van der Waals surface area contributed by atoms with E-state index in [2.05, 4.69) is 0 Å². The topological polar surface area (TPSA) is 18.5 Å². The van der Waals surface area contributed by atoms with Gasteiger partial charge >= 0.3 is 132 Å². The van der Waals surface area contributed by atoms with Crippen molar-refractivity contribution < 1.29 is 201 Å². The first kappa shape index (κ1) is 64.5. The molecule has 0 aliphatic carbocycles. The molecule has 0 aliphatic rings. The van der Waals surface area contributed by atoms with Crippen molar-refractivity contribution >= 4 is 25.9 Å². The Labute approximate surface area is 333 Å². The number of rotatable bonds is 16. The molecule has 404 valence electrons. The van der Waals surface area contributed by atoms with Gasteiger partial charge in [0.15, 0.2) is 0 Å². The molecule has 0 aromatic carbocycles. The summed E-state index contributed by atoms with van der Waals surface area (Å²) < 4.78 is 613. The third kappa shape index (κ3) is 8.16. The van der Waals surface area contributed by atoms with E-state index in [1.807, 2.05) is 0 Å². The second-order valence-corrected chi connectivity index (χ2v) is 20.9. The van der Waals surface area contributed by atoms with Crippen LogP contribution in [-0.4, -0.2) is 132 Å². The zero-order chi connectivity index (χ0) is 55.9. The van der Waals surface area contributed by atoms with Crippen LogP contribution >= 0.6 is 0 Å². The van der Waals surface area contributed by atoms with Crippen LogP contribution in [-0.2, 0) is 8.23 Å². The maximum atomic E-state index is 16.2. The Bertz CT molecular complexity index is 1640. The quantitative estimate of drug-likeness (QED) is 0.0871. The van der Waals surface area contributed by atoms with E-state index in [4.69, 9.17) is 0 Å². The Kier molecular flexibility index (Phi) is 15.2. The number of alkyl halides is 42. The van der Waals surface area contributed by atoms with Gasteiger partial charge in [0, 0.05) is 0 Å². The molecule has 0 heterocycles. The van der Waals surface area contributed by atoms with Crippen LogP contribution < -0.4 is 0 Å². The van der Waals surface area contributed by atoms with Crippen LogP contribution in [0.3, 0.4) is 0 Å². The van der Waals surface area contributed by atoms with Gasteiger partial charge < -0.3 is 8.23 Å². The minimum Gasteiger partial charge on any atom is -0.395 e. The summed E-state index contributed by atoms with van der Waals surface area (Å²) in [7, 11) is -42.9. The van der Waals surface area contributed by atoms with Crippen molar-refractivity contribution in [2.45, 2.75) is 106 Å². The third-order valence-corrected chi connectivity index (χ3v) is 18.9. The molecule has 67 heavy (non-hydrogen) atoms. The first-order valence-corrected chi connectivity index (χ1v) is 19.0. The first-order valence-electron chi connectivity index (χ1n) is 13.6. The van der Waals surface area contributed by atoms with Gasteiger partial charge in [-0.05, 0) is 0 Å². The summed E-state index contributed by atoms with van der Waals surface area (Å²) in [4.78, 5) is 0. The van der Waals surface area contributed by atoms with Gasteiger partial charge in [0.25, 0.3) is 0 Å². The van der Waals surface area contributed by atoms with E-state index in [1.165, 1.54) is 0 Å². The molecule has 2 nitrogen and oxygen atoms in total. The van der Waals surface area contributed by atoms with Crippen LogP contribution in [0.5, 0.6) is 0 Å². The van der Waals surface area contributed by atoms with E-state index in [0.717, 1.165) is 0 Å². The van der Waals surface area contributed by atoms with Gasteiger partial charge in [-0.25, -0.2) is 30.5 Å². The van der Waals surface area contributed by atoms with E-state index in [1.54, 1.807) is 0 Å². The van der Waals surface area contributed by atoms with E-state index in [0.29, 0.717) is 0 Å². The van der Waals surface area contributed by atoms with Crippen LogP contribution in [0.4, 0.5) is 193 Å². The van der Waals surface area contributed by atoms with Gasteiger partial charge in [0.2, 0.25) is 0 Å². The Hall–Kier alpha value is -2.51. The van der Waals surface area contributed by atoms with Crippen molar-refractivity contribution in [3.63, 3.8) is 0 Å². The molecule has 0 aromatic rings. The van der Waals surface area contributed by atoms with Crippen molar-refractivity contribution in [1.29, 1.82) is 0 Å². The third-order valence-electron chi connectivity index (χ3n) is 7.57.